The highest BCUT2D eigenvalue weighted by molar-refractivity contribution is 6.32. The molecular formula is C21H25ClN8O. The van der Waals surface area contributed by atoms with Gasteiger partial charge in [0, 0.05) is 45.8 Å². The Bertz CT molecular complexity index is 1040. The largest absolute Gasteiger partial charge is 0.378 e. The van der Waals surface area contributed by atoms with Crippen LogP contribution in [0.25, 0.3) is 11.2 Å². The van der Waals surface area contributed by atoms with Crippen molar-refractivity contribution in [1.82, 2.24) is 25.3 Å². The van der Waals surface area contributed by atoms with Crippen LogP contribution in [0.3, 0.4) is 0 Å². The molecule has 2 saturated heterocycles. The third kappa shape index (κ3) is 4.48. The summed E-state index contributed by atoms with van der Waals surface area (Å²) in [5, 5.41) is 6.98. The zero-order valence-corrected chi connectivity index (χ0v) is 18.0. The van der Waals surface area contributed by atoms with Crippen molar-refractivity contribution < 1.29 is 4.74 Å². The molecule has 2 N–H and O–H groups in total. The Hall–Kier alpha value is -2.75. The van der Waals surface area contributed by atoms with E-state index in [1.165, 1.54) is 0 Å². The van der Waals surface area contributed by atoms with Crippen LogP contribution in [0, 0.1) is 0 Å². The Kier molecular flexibility index (Phi) is 5.97. The molecule has 0 unspecified atom stereocenters. The Morgan fingerprint density at radius 3 is 2.48 bits per heavy atom. The summed E-state index contributed by atoms with van der Waals surface area (Å²) in [6.45, 7) is 6.95. The maximum atomic E-state index is 6.52. The van der Waals surface area contributed by atoms with Crippen molar-refractivity contribution in [3.63, 3.8) is 0 Å². The van der Waals surface area contributed by atoms with Crippen LogP contribution in [-0.2, 0) is 11.3 Å². The number of ether oxygens (including phenoxy) is 1. The summed E-state index contributed by atoms with van der Waals surface area (Å²) in [5.41, 5.74) is 2.31. The van der Waals surface area contributed by atoms with Crippen LogP contribution >= 0.6 is 11.6 Å². The fourth-order valence-corrected chi connectivity index (χ4v) is 3.99. The molecule has 0 amide bonds. The van der Waals surface area contributed by atoms with E-state index in [9.17, 15) is 0 Å². The number of hydrogen-bond donors (Lipinski definition) is 2. The molecule has 162 valence electrons. The van der Waals surface area contributed by atoms with Gasteiger partial charge >= 0.3 is 0 Å². The molecule has 2 fully saturated rings. The molecule has 4 heterocycles. The number of morpholine rings is 1. The van der Waals surface area contributed by atoms with E-state index >= 15 is 0 Å². The third-order valence-electron chi connectivity index (χ3n) is 5.47. The van der Waals surface area contributed by atoms with Gasteiger partial charge in [0.15, 0.2) is 28.0 Å². The highest BCUT2D eigenvalue weighted by Gasteiger charge is 2.23. The summed E-state index contributed by atoms with van der Waals surface area (Å²) in [6, 6.07) is 10.1. The molecule has 3 aromatic rings. The summed E-state index contributed by atoms with van der Waals surface area (Å²) in [6.07, 6.45) is 0. The topological polar surface area (TPSA) is 91.3 Å². The number of benzene rings is 1. The molecule has 0 aliphatic carbocycles. The van der Waals surface area contributed by atoms with Gasteiger partial charge in [-0.2, -0.15) is 9.97 Å². The number of aromatic nitrogens is 4. The maximum absolute atomic E-state index is 6.52. The van der Waals surface area contributed by atoms with E-state index in [0.717, 1.165) is 50.6 Å². The number of hydrogen-bond acceptors (Lipinski definition) is 9. The van der Waals surface area contributed by atoms with Crippen molar-refractivity contribution in [2.24, 2.45) is 0 Å². The zero-order valence-electron chi connectivity index (χ0n) is 17.2. The first-order valence-electron chi connectivity index (χ1n) is 10.6. The van der Waals surface area contributed by atoms with E-state index in [0.29, 0.717) is 47.8 Å². The van der Waals surface area contributed by atoms with Gasteiger partial charge in [-0.25, -0.2) is 9.97 Å². The van der Waals surface area contributed by atoms with E-state index in [1.807, 2.05) is 18.2 Å². The Labute approximate surface area is 185 Å². The van der Waals surface area contributed by atoms with Crippen molar-refractivity contribution >= 4 is 40.3 Å². The predicted molar refractivity (Wildman–Crippen MR) is 122 cm³/mol. The van der Waals surface area contributed by atoms with Crippen LogP contribution in [0.15, 0.2) is 30.3 Å². The van der Waals surface area contributed by atoms with Crippen molar-refractivity contribution in [3.05, 3.63) is 41.0 Å². The highest BCUT2D eigenvalue weighted by Crippen LogP contribution is 2.29. The first-order valence-corrected chi connectivity index (χ1v) is 11.0. The monoisotopic (exact) mass is 440 g/mol. The molecule has 0 radical (unpaired) electrons. The highest BCUT2D eigenvalue weighted by atomic mass is 35.5. The number of rotatable bonds is 5. The lowest BCUT2D eigenvalue weighted by Crippen LogP contribution is -2.44. The fourth-order valence-electron chi connectivity index (χ4n) is 3.80. The summed E-state index contributed by atoms with van der Waals surface area (Å²) >= 11 is 6.52. The molecule has 0 spiro atoms. The van der Waals surface area contributed by atoms with Gasteiger partial charge in [0.1, 0.15) is 0 Å². The molecule has 2 aliphatic rings. The molecular weight excluding hydrogens is 416 g/mol. The van der Waals surface area contributed by atoms with E-state index in [-0.39, 0.29) is 0 Å². The average molecular weight is 441 g/mol. The second-order valence-electron chi connectivity index (χ2n) is 7.56. The van der Waals surface area contributed by atoms with Crippen molar-refractivity contribution in [3.8, 4) is 0 Å². The summed E-state index contributed by atoms with van der Waals surface area (Å²) in [4.78, 5) is 23.4. The molecule has 5 rings (SSSR count). The number of anilines is 3. The summed E-state index contributed by atoms with van der Waals surface area (Å²) in [7, 11) is 0. The molecule has 31 heavy (non-hydrogen) atoms. The third-order valence-corrected chi connectivity index (χ3v) is 5.74. The first-order chi connectivity index (χ1) is 15.3. The van der Waals surface area contributed by atoms with Crippen LogP contribution in [0.1, 0.15) is 5.56 Å². The van der Waals surface area contributed by atoms with Crippen molar-refractivity contribution in [2.75, 3.05) is 67.6 Å². The van der Waals surface area contributed by atoms with Crippen LogP contribution in [0.4, 0.5) is 17.6 Å². The van der Waals surface area contributed by atoms with Gasteiger partial charge in [-0.1, -0.05) is 41.9 Å². The van der Waals surface area contributed by atoms with Gasteiger partial charge in [0.25, 0.3) is 0 Å². The van der Waals surface area contributed by atoms with Gasteiger partial charge in [0.2, 0.25) is 5.95 Å². The summed E-state index contributed by atoms with van der Waals surface area (Å²) in [5.74, 6) is 1.97. The quantitative estimate of drug-likeness (QED) is 0.617. The van der Waals surface area contributed by atoms with Gasteiger partial charge in [-0.3, -0.25) is 0 Å². The molecule has 2 aromatic heterocycles. The van der Waals surface area contributed by atoms with Gasteiger partial charge < -0.3 is 25.2 Å². The van der Waals surface area contributed by atoms with E-state index in [4.69, 9.17) is 31.3 Å². The number of fused-ring (bicyclic) bond motifs is 1. The minimum atomic E-state index is 0.316. The lowest BCUT2D eigenvalue weighted by atomic mass is 10.2. The second kappa shape index (κ2) is 9.17. The molecule has 2 aliphatic heterocycles. The second-order valence-corrected chi connectivity index (χ2v) is 7.92. The average Bonchev–Trinajstić information content (AvgIpc) is 2.84. The zero-order chi connectivity index (χ0) is 21.0. The minimum absolute atomic E-state index is 0.316. The SMILES string of the molecule is Clc1nc2c(N3CCOCC3)nc(N3CCNCC3)nc2nc1NCc1ccccc1. The molecule has 0 bridgehead atoms. The van der Waals surface area contributed by atoms with Crippen LogP contribution < -0.4 is 20.4 Å². The van der Waals surface area contributed by atoms with Crippen LogP contribution in [-0.4, -0.2) is 72.4 Å². The molecule has 0 atom stereocenters. The number of nitrogens with zero attached hydrogens (tertiary/aromatic N) is 6. The number of halogens is 1. The Morgan fingerprint density at radius 2 is 1.71 bits per heavy atom. The van der Waals surface area contributed by atoms with E-state index in [2.05, 4.69) is 37.6 Å². The first kappa shape index (κ1) is 20.2. The summed E-state index contributed by atoms with van der Waals surface area (Å²) < 4.78 is 5.52. The fraction of sp³-hybridized carbons (Fsp3) is 0.429. The van der Waals surface area contributed by atoms with Crippen LogP contribution in [0.5, 0.6) is 0 Å². The molecule has 10 heteroatoms. The smallest absolute Gasteiger partial charge is 0.229 e. The van der Waals surface area contributed by atoms with Crippen LogP contribution in [0.2, 0.25) is 5.15 Å². The van der Waals surface area contributed by atoms with Crippen molar-refractivity contribution in [2.45, 2.75) is 6.54 Å². The van der Waals surface area contributed by atoms with Gasteiger partial charge in [-0.05, 0) is 5.56 Å². The standard InChI is InChI=1S/C21H25ClN8O/c22-17-19(24-14-15-4-2-1-3-5-15)26-18-16(25-17)20(29-10-12-31-13-11-29)28-21(27-18)30-8-6-23-7-9-30/h1-5,23H,6-14H2,(H,24,26,27,28). The normalized spacial score (nSPS) is 17.2. The van der Waals surface area contributed by atoms with Crippen molar-refractivity contribution in [1.29, 1.82) is 0 Å². The predicted octanol–water partition coefficient (Wildman–Crippen LogP) is 1.93. The molecule has 0 saturated carbocycles. The molecule has 1 aromatic carbocycles. The lowest BCUT2D eigenvalue weighted by Gasteiger charge is -2.31. The van der Waals surface area contributed by atoms with Gasteiger partial charge in [0.05, 0.1) is 13.2 Å². The van der Waals surface area contributed by atoms with E-state index < -0.39 is 0 Å². The van der Waals surface area contributed by atoms with E-state index in [1.54, 1.807) is 0 Å². The van der Waals surface area contributed by atoms with Gasteiger partial charge in [-0.15, -0.1) is 0 Å². The number of piperazine rings is 1. The number of nitrogens with one attached hydrogen (secondary N) is 2. The lowest BCUT2D eigenvalue weighted by molar-refractivity contribution is 0.122. The molecule has 9 nitrogen and oxygen atoms in total. The Morgan fingerprint density at radius 1 is 0.935 bits per heavy atom. The Balaban J connectivity index is 1.53. The minimum Gasteiger partial charge on any atom is -0.378 e. The maximum Gasteiger partial charge on any atom is 0.229 e.